The van der Waals surface area contributed by atoms with Crippen molar-refractivity contribution in [2.75, 3.05) is 0 Å². The molecule has 3 fully saturated rings. The van der Waals surface area contributed by atoms with Gasteiger partial charge in [0.15, 0.2) is 0 Å². The molecule has 0 N–H and O–H groups in total. The number of halogens is 2. The fourth-order valence-corrected chi connectivity index (χ4v) is 5.77. The van der Waals surface area contributed by atoms with Gasteiger partial charge in [0.05, 0.1) is 11.5 Å². The Bertz CT molecular complexity index is 882. The summed E-state index contributed by atoms with van der Waals surface area (Å²) in [5.41, 5.74) is -0.239. The molecule has 3 nitrogen and oxygen atoms in total. The maximum atomic E-state index is 13.8. The number of allylic oxidation sites excluding steroid dienone is 3. The van der Waals surface area contributed by atoms with Gasteiger partial charge in [-0.1, -0.05) is 40.0 Å². The SMILES string of the molecule is C=C/C=C(\C=C)OC1CC2(C1)C(=O)N1C(c3cc(F)cc(F)c3)CCC1(C)C2C.CC. The third-order valence-electron chi connectivity index (χ3n) is 7.43. The van der Waals surface area contributed by atoms with Crippen LogP contribution in [0.2, 0.25) is 0 Å². The zero-order valence-corrected chi connectivity index (χ0v) is 19.0. The molecule has 168 valence electrons. The van der Waals surface area contributed by atoms with Gasteiger partial charge in [-0.05, 0) is 68.4 Å². The summed E-state index contributed by atoms with van der Waals surface area (Å²) < 4.78 is 33.6. The fraction of sp³-hybridized carbons (Fsp3) is 0.500. The maximum Gasteiger partial charge on any atom is 0.230 e. The number of hydrogen-bond acceptors (Lipinski definition) is 2. The molecule has 1 amide bonds. The second-order valence-electron chi connectivity index (χ2n) is 8.82. The molecule has 2 aliphatic heterocycles. The Hall–Kier alpha value is -2.43. The van der Waals surface area contributed by atoms with Crippen molar-refractivity contribution >= 4 is 5.91 Å². The number of nitrogens with zero attached hydrogens (tertiary/aromatic N) is 1. The van der Waals surface area contributed by atoms with E-state index in [1.54, 1.807) is 18.2 Å². The first-order valence-corrected chi connectivity index (χ1v) is 11.2. The Labute approximate surface area is 184 Å². The summed E-state index contributed by atoms with van der Waals surface area (Å²) >= 11 is 0. The van der Waals surface area contributed by atoms with Crippen LogP contribution in [0.3, 0.4) is 0 Å². The van der Waals surface area contributed by atoms with Crippen LogP contribution in [0.1, 0.15) is 65.0 Å². The van der Waals surface area contributed by atoms with Crippen LogP contribution in [0.25, 0.3) is 0 Å². The second kappa shape index (κ2) is 8.60. The van der Waals surface area contributed by atoms with Crippen LogP contribution in [0, 0.1) is 23.0 Å². The van der Waals surface area contributed by atoms with E-state index in [0.717, 1.165) is 12.5 Å². The first-order chi connectivity index (χ1) is 14.7. The summed E-state index contributed by atoms with van der Waals surface area (Å²) in [6, 6.07) is 3.29. The van der Waals surface area contributed by atoms with Crippen LogP contribution >= 0.6 is 0 Å². The summed E-state index contributed by atoms with van der Waals surface area (Å²) in [6.07, 6.45) is 7.83. The number of ether oxygens (including phenoxy) is 1. The van der Waals surface area contributed by atoms with Gasteiger partial charge in [-0.25, -0.2) is 8.78 Å². The van der Waals surface area contributed by atoms with Crippen LogP contribution in [-0.4, -0.2) is 22.4 Å². The van der Waals surface area contributed by atoms with E-state index in [1.165, 1.54) is 12.1 Å². The maximum absolute atomic E-state index is 13.8. The van der Waals surface area contributed by atoms with Gasteiger partial charge in [0.1, 0.15) is 23.5 Å². The quantitative estimate of drug-likeness (QED) is 0.396. The third kappa shape index (κ3) is 3.62. The number of rotatable bonds is 5. The van der Waals surface area contributed by atoms with Crippen LogP contribution in [-0.2, 0) is 9.53 Å². The van der Waals surface area contributed by atoms with Crippen molar-refractivity contribution in [1.82, 2.24) is 4.90 Å². The molecular formula is C26H33F2NO2. The molecule has 1 aromatic rings. The highest BCUT2D eigenvalue weighted by molar-refractivity contribution is 5.89. The van der Waals surface area contributed by atoms with Crippen LogP contribution in [0.15, 0.2) is 55.3 Å². The molecular weight excluding hydrogens is 396 g/mol. The minimum Gasteiger partial charge on any atom is -0.490 e. The monoisotopic (exact) mass is 429 g/mol. The number of fused-ring (bicyclic) bond motifs is 1. The summed E-state index contributed by atoms with van der Waals surface area (Å²) in [4.78, 5) is 15.5. The number of hydrogen-bond donors (Lipinski definition) is 0. The Morgan fingerprint density at radius 3 is 2.35 bits per heavy atom. The molecule has 2 saturated heterocycles. The lowest BCUT2D eigenvalue weighted by Gasteiger charge is -2.47. The minimum absolute atomic E-state index is 0.0423. The van der Waals surface area contributed by atoms with Gasteiger partial charge >= 0.3 is 0 Å². The zero-order valence-electron chi connectivity index (χ0n) is 19.0. The summed E-state index contributed by atoms with van der Waals surface area (Å²) in [5, 5.41) is 0. The van der Waals surface area contributed by atoms with Crippen molar-refractivity contribution in [3.8, 4) is 0 Å². The third-order valence-corrected chi connectivity index (χ3v) is 7.43. The van der Waals surface area contributed by atoms with E-state index >= 15 is 0 Å². The van der Waals surface area contributed by atoms with E-state index in [-0.39, 0.29) is 29.5 Å². The van der Waals surface area contributed by atoms with Crippen molar-refractivity contribution < 1.29 is 18.3 Å². The lowest BCUT2D eigenvalue weighted by Crippen LogP contribution is -2.51. The van der Waals surface area contributed by atoms with E-state index < -0.39 is 17.0 Å². The van der Waals surface area contributed by atoms with Crippen LogP contribution in [0.4, 0.5) is 8.78 Å². The Kier molecular flexibility index (Phi) is 6.45. The predicted octanol–water partition coefficient (Wildman–Crippen LogP) is 6.48. The molecule has 2 heterocycles. The van der Waals surface area contributed by atoms with Gasteiger partial charge in [0.25, 0.3) is 0 Å². The topological polar surface area (TPSA) is 29.5 Å². The Balaban J connectivity index is 0.00000132. The van der Waals surface area contributed by atoms with Crippen molar-refractivity contribution in [3.63, 3.8) is 0 Å². The Morgan fingerprint density at radius 1 is 1.19 bits per heavy atom. The van der Waals surface area contributed by atoms with Crippen molar-refractivity contribution in [3.05, 3.63) is 72.5 Å². The smallest absolute Gasteiger partial charge is 0.230 e. The number of carbonyl (C=O) groups excluding carboxylic acids is 1. The van der Waals surface area contributed by atoms with E-state index in [0.29, 0.717) is 30.6 Å². The highest BCUT2D eigenvalue weighted by Crippen LogP contribution is 2.65. The molecule has 5 heteroatoms. The summed E-state index contributed by atoms with van der Waals surface area (Å²) in [7, 11) is 0. The lowest BCUT2D eigenvalue weighted by molar-refractivity contribution is -0.152. The van der Waals surface area contributed by atoms with E-state index in [1.807, 2.05) is 18.7 Å². The number of carbonyl (C=O) groups is 1. The molecule has 0 bridgehead atoms. The predicted molar refractivity (Wildman–Crippen MR) is 119 cm³/mol. The zero-order chi connectivity index (χ0) is 23.0. The van der Waals surface area contributed by atoms with Crippen molar-refractivity contribution in [2.45, 2.75) is 71.1 Å². The lowest BCUT2D eigenvalue weighted by atomic mass is 9.57. The van der Waals surface area contributed by atoms with Gasteiger partial charge in [0.2, 0.25) is 5.91 Å². The summed E-state index contributed by atoms with van der Waals surface area (Å²) in [6.45, 7) is 15.7. The molecule has 3 aliphatic rings. The first-order valence-electron chi connectivity index (χ1n) is 11.2. The highest BCUT2D eigenvalue weighted by Gasteiger charge is 2.70. The molecule has 1 aromatic carbocycles. The normalized spacial score (nSPS) is 34.0. The van der Waals surface area contributed by atoms with Gasteiger partial charge in [-0.3, -0.25) is 4.79 Å². The molecule has 1 spiro atoms. The molecule has 0 radical (unpaired) electrons. The largest absolute Gasteiger partial charge is 0.490 e. The fourth-order valence-electron chi connectivity index (χ4n) is 5.77. The standard InChI is InChI=1S/C24H27F2NO2.C2H6/c1-5-7-19(6-2)29-20-13-24(14-20)15(3)23(4)9-8-21(27(23)22(24)28)16-10-17(25)12-18(26)11-16;1-2/h5-7,10-12,15,20-21H,1-2,8-9,13-14H2,3-4H3;1-2H3/b19-7+;. The molecule has 1 aliphatic carbocycles. The number of benzene rings is 1. The molecule has 31 heavy (non-hydrogen) atoms. The minimum atomic E-state index is -0.605. The Morgan fingerprint density at radius 2 is 1.81 bits per heavy atom. The van der Waals surface area contributed by atoms with E-state index in [4.69, 9.17) is 4.74 Å². The number of amides is 1. The van der Waals surface area contributed by atoms with E-state index in [9.17, 15) is 13.6 Å². The second-order valence-corrected chi connectivity index (χ2v) is 8.82. The van der Waals surface area contributed by atoms with Crippen molar-refractivity contribution in [2.24, 2.45) is 11.3 Å². The molecule has 4 rings (SSSR count). The summed E-state index contributed by atoms with van der Waals surface area (Å²) in [5.74, 6) is -0.330. The van der Waals surface area contributed by atoms with Gasteiger partial charge < -0.3 is 9.64 Å². The van der Waals surface area contributed by atoms with Gasteiger partial charge in [0, 0.05) is 11.6 Å². The molecule has 3 atom stereocenters. The average molecular weight is 430 g/mol. The molecule has 1 saturated carbocycles. The van der Waals surface area contributed by atoms with Crippen molar-refractivity contribution in [1.29, 1.82) is 0 Å². The van der Waals surface area contributed by atoms with Crippen LogP contribution in [0.5, 0.6) is 0 Å². The van der Waals surface area contributed by atoms with Gasteiger partial charge in [-0.15, -0.1) is 0 Å². The molecule has 0 aromatic heterocycles. The van der Waals surface area contributed by atoms with Gasteiger partial charge in [-0.2, -0.15) is 0 Å². The molecule has 3 unspecified atom stereocenters. The van der Waals surface area contributed by atoms with Crippen LogP contribution < -0.4 is 0 Å². The average Bonchev–Trinajstić information content (AvgIpc) is 3.14. The highest BCUT2D eigenvalue weighted by atomic mass is 19.1. The first kappa shape index (κ1) is 23.2. The van der Waals surface area contributed by atoms with E-state index in [2.05, 4.69) is 27.0 Å².